The van der Waals surface area contributed by atoms with Crippen LogP contribution in [0.15, 0.2) is 24.3 Å². The lowest BCUT2D eigenvalue weighted by atomic mass is 10.0. The molecule has 0 fully saturated rings. The van der Waals surface area contributed by atoms with E-state index in [0.717, 1.165) is 13.0 Å². The van der Waals surface area contributed by atoms with E-state index < -0.39 is 0 Å². The zero-order valence-electron chi connectivity index (χ0n) is 19.2. The Balaban J connectivity index is 1.72. The predicted octanol–water partition coefficient (Wildman–Crippen LogP) is 8.26. The second-order valence-electron chi connectivity index (χ2n) is 8.54. The van der Waals surface area contributed by atoms with Gasteiger partial charge in [0.2, 0.25) is 0 Å². The highest BCUT2D eigenvalue weighted by atomic mass is 16.1. The number of rotatable bonds is 20. The van der Waals surface area contributed by atoms with Gasteiger partial charge < -0.3 is 5.32 Å². The Hall–Kier alpha value is -1.31. The van der Waals surface area contributed by atoms with Crippen LogP contribution < -0.4 is 5.32 Å². The topological polar surface area (TPSA) is 29.1 Å². The fourth-order valence-electron chi connectivity index (χ4n) is 3.86. The highest BCUT2D eigenvalue weighted by molar-refractivity contribution is 5.93. The molecule has 0 heterocycles. The lowest BCUT2D eigenvalue weighted by Gasteiger charge is -2.05. The first-order valence-electron chi connectivity index (χ1n) is 12.6. The van der Waals surface area contributed by atoms with E-state index >= 15 is 0 Å². The number of unbranched alkanes of at least 4 members (excludes halogenated alkanes) is 17. The fourth-order valence-corrected chi connectivity index (χ4v) is 3.86. The molecule has 0 atom stereocenters. The van der Waals surface area contributed by atoms with Crippen LogP contribution in [0.25, 0.3) is 0 Å². The molecule has 0 unspecified atom stereocenters. The van der Waals surface area contributed by atoms with Crippen LogP contribution in [0.1, 0.15) is 133 Å². The van der Waals surface area contributed by atoms with Gasteiger partial charge in [-0.05, 0) is 18.6 Å². The lowest BCUT2D eigenvalue weighted by Crippen LogP contribution is -2.24. The van der Waals surface area contributed by atoms with Gasteiger partial charge in [-0.2, -0.15) is 0 Å². The Labute approximate surface area is 181 Å². The van der Waals surface area contributed by atoms with Gasteiger partial charge in [-0.25, -0.2) is 0 Å². The summed E-state index contributed by atoms with van der Waals surface area (Å²) >= 11 is 0. The van der Waals surface area contributed by atoms with Gasteiger partial charge in [0.25, 0.3) is 5.91 Å². The van der Waals surface area contributed by atoms with E-state index in [9.17, 15) is 4.79 Å². The first-order valence-corrected chi connectivity index (χ1v) is 12.6. The maximum atomic E-state index is 11.9. The highest BCUT2D eigenvalue weighted by Gasteiger charge is 2.03. The van der Waals surface area contributed by atoms with E-state index in [-0.39, 0.29) is 5.91 Å². The summed E-state index contributed by atoms with van der Waals surface area (Å²) in [5.74, 6) is -0.00225. The van der Waals surface area contributed by atoms with Gasteiger partial charge in [-0.15, -0.1) is 0 Å². The minimum Gasteiger partial charge on any atom is -0.352 e. The van der Waals surface area contributed by atoms with Gasteiger partial charge in [-0.3, -0.25) is 4.79 Å². The molecule has 0 spiro atoms. The third-order valence-electron chi connectivity index (χ3n) is 5.77. The standard InChI is InChI=1S/C27H46NO/c1-2-3-4-5-6-7-8-9-10-11-12-13-14-15-16-17-18-22-25-28-27(29)26-23-20-19-21-24-26/h19-21,23H,2-18,22,25H2,1H3,(H,28,29). The van der Waals surface area contributed by atoms with Crippen molar-refractivity contribution in [2.45, 2.75) is 122 Å². The molecule has 1 N–H and O–H groups in total. The van der Waals surface area contributed by atoms with Gasteiger partial charge >= 0.3 is 0 Å². The molecular formula is C27H46NO. The number of carbonyl (C=O) groups is 1. The van der Waals surface area contributed by atoms with E-state index in [2.05, 4.69) is 18.3 Å². The number of benzene rings is 1. The summed E-state index contributed by atoms with van der Waals surface area (Å²) in [4.78, 5) is 11.9. The maximum absolute atomic E-state index is 11.9. The largest absolute Gasteiger partial charge is 0.352 e. The van der Waals surface area contributed by atoms with E-state index in [1.165, 1.54) is 109 Å². The number of amides is 1. The molecule has 1 aromatic rings. The van der Waals surface area contributed by atoms with Crippen LogP contribution in [0.2, 0.25) is 0 Å². The Bertz CT molecular complexity index is 471. The summed E-state index contributed by atoms with van der Waals surface area (Å²) in [5, 5.41) is 2.98. The average Bonchev–Trinajstić information content (AvgIpc) is 2.75. The quantitative estimate of drug-likeness (QED) is 0.219. The van der Waals surface area contributed by atoms with Crippen molar-refractivity contribution in [2.24, 2.45) is 0 Å². The Morgan fingerprint density at radius 3 is 1.55 bits per heavy atom. The van der Waals surface area contributed by atoms with E-state index in [4.69, 9.17) is 0 Å². The average molecular weight is 401 g/mol. The molecule has 1 aromatic carbocycles. The number of nitrogens with one attached hydrogen (secondary N) is 1. The zero-order valence-corrected chi connectivity index (χ0v) is 19.2. The van der Waals surface area contributed by atoms with Crippen molar-refractivity contribution >= 4 is 5.91 Å². The van der Waals surface area contributed by atoms with Crippen molar-refractivity contribution in [1.29, 1.82) is 0 Å². The summed E-state index contributed by atoms with van der Waals surface area (Å²) in [7, 11) is 0. The SMILES string of the molecule is CCCCCCCCCCCCCCCCCCCCNC(=O)c1[c]cccc1. The molecule has 2 nitrogen and oxygen atoms in total. The van der Waals surface area contributed by atoms with Crippen molar-refractivity contribution in [3.8, 4) is 0 Å². The molecule has 165 valence electrons. The summed E-state index contributed by atoms with van der Waals surface area (Å²) < 4.78 is 0. The van der Waals surface area contributed by atoms with E-state index in [0.29, 0.717) is 5.56 Å². The zero-order chi connectivity index (χ0) is 20.8. The first-order chi connectivity index (χ1) is 14.3. The molecule has 0 aliphatic carbocycles. The molecule has 0 aromatic heterocycles. The number of hydrogen-bond acceptors (Lipinski definition) is 1. The minimum absolute atomic E-state index is 0.00225. The van der Waals surface area contributed by atoms with Crippen molar-refractivity contribution in [1.82, 2.24) is 5.32 Å². The Morgan fingerprint density at radius 2 is 1.14 bits per heavy atom. The van der Waals surface area contributed by atoms with Crippen LogP contribution in [0.3, 0.4) is 0 Å². The van der Waals surface area contributed by atoms with Crippen LogP contribution in [-0.4, -0.2) is 12.5 Å². The first kappa shape index (κ1) is 25.7. The van der Waals surface area contributed by atoms with E-state index in [1.54, 1.807) is 6.07 Å². The van der Waals surface area contributed by atoms with Gasteiger partial charge in [0.1, 0.15) is 0 Å². The molecule has 2 heteroatoms. The molecule has 0 bridgehead atoms. The van der Waals surface area contributed by atoms with Gasteiger partial charge in [0.05, 0.1) is 0 Å². The molecule has 0 aliphatic rings. The smallest absolute Gasteiger partial charge is 0.251 e. The molecule has 0 saturated heterocycles. The minimum atomic E-state index is -0.00225. The van der Waals surface area contributed by atoms with Gasteiger partial charge in [0, 0.05) is 12.1 Å². The molecule has 0 saturated carbocycles. The Kier molecular flexibility index (Phi) is 17.7. The molecule has 0 aliphatic heterocycles. The normalized spacial score (nSPS) is 10.9. The van der Waals surface area contributed by atoms with Crippen molar-refractivity contribution in [3.05, 3.63) is 35.9 Å². The summed E-state index contributed by atoms with van der Waals surface area (Å²) in [6.45, 7) is 3.07. The Morgan fingerprint density at radius 1 is 0.690 bits per heavy atom. The highest BCUT2D eigenvalue weighted by Crippen LogP contribution is 2.14. The number of hydrogen-bond donors (Lipinski definition) is 1. The van der Waals surface area contributed by atoms with Crippen molar-refractivity contribution in [2.75, 3.05) is 6.54 Å². The summed E-state index contributed by atoms with van der Waals surface area (Å²) in [6.07, 6.45) is 24.9. The lowest BCUT2D eigenvalue weighted by molar-refractivity contribution is 0.0952. The predicted molar refractivity (Wildman–Crippen MR) is 126 cm³/mol. The second-order valence-corrected chi connectivity index (χ2v) is 8.54. The monoisotopic (exact) mass is 400 g/mol. The van der Waals surface area contributed by atoms with Crippen LogP contribution in [0.4, 0.5) is 0 Å². The molecule has 1 radical (unpaired) electrons. The van der Waals surface area contributed by atoms with Crippen molar-refractivity contribution < 1.29 is 4.79 Å². The molecular weight excluding hydrogens is 354 g/mol. The van der Waals surface area contributed by atoms with Gasteiger partial charge in [-0.1, -0.05) is 134 Å². The fraction of sp³-hybridized carbons (Fsp3) is 0.741. The van der Waals surface area contributed by atoms with Crippen LogP contribution >= 0.6 is 0 Å². The van der Waals surface area contributed by atoms with E-state index in [1.807, 2.05) is 18.2 Å². The molecule has 1 amide bonds. The third kappa shape index (κ3) is 16.2. The van der Waals surface area contributed by atoms with Crippen molar-refractivity contribution in [3.63, 3.8) is 0 Å². The van der Waals surface area contributed by atoms with Crippen LogP contribution in [0, 0.1) is 6.07 Å². The molecule has 1 rings (SSSR count). The summed E-state index contributed by atoms with van der Waals surface area (Å²) in [5.41, 5.74) is 0.634. The van der Waals surface area contributed by atoms with Crippen LogP contribution in [-0.2, 0) is 0 Å². The maximum Gasteiger partial charge on any atom is 0.251 e. The molecule has 29 heavy (non-hydrogen) atoms. The van der Waals surface area contributed by atoms with Gasteiger partial charge in [0.15, 0.2) is 0 Å². The summed E-state index contributed by atoms with van der Waals surface area (Å²) in [6, 6.07) is 10.3. The second kappa shape index (κ2) is 20.0. The van der Waals surface area contributed by atoms with Crippen LogP contribution in [0.5, 0.6) is 0 Å². The number of carbonyl (C=O) groups excluding carboxylic acids is 1. The third-order valence-corrected chi connectivity index (χ3v) is 5.77.